The summed E-state index contributed by atoms with van der Waals surface area (Å²) in [5, 5.41) is 3.17. The van der Waals surface area contributed by atoms with Gasteiger partial charge in [0.15, 0.2) is 0 Å². The summed E-state index contributed by atoms with van der Waals surface area (Å²) in [6.45, 7) is 3.48. The minimum atomic E-state index is -3.73. The van der Waals surface area contributed by atoms with Crippen LogP contribution in [0.1, 0.15) is 31.9 Å². The summed E-state index contributed by atoms with van der Waals surface area (Å²) in [4.78, 5) is 12.8. The zero-order valence-corrected chi connectivity index (χ0v) is 16.9. The van der Waals surface area contributed by atoms with Crippen LogP contribution in [0.5, 0.6) is 0 Å². The Morgan fingerprint density at radius 3 is 2.37 bits per heavy atom. The van der Waals surface area contributed by atoms with Gasteiger partial charge in [0.2, 0.25) is 15.9 Å². The zero-order valence-electron chi connectivity index (χ0n) is 15.3. The second-order valence-corrected chi connectivity index (χ2v) is 8.54. The van der Waals surface area contributed by atoms with E-state index < -0.39 is 28.0 Å². The summed E-state index contributed by atoms with van der Waals surface area (Å²) in [6, 6.07) is 10.8. The molecule has 0 radical (unpaired) electrons. The molecule has 0 fully saturated rings. The quantitative estimate of drug-likeness (QED) is 0.749. The highest BCUT2D eigenvalue weighted by molar-refractivity contribution is 7.92. The molecule has 0 aliphatic heterocycles. The second-order valence-electron chi connectivity index (χ2n) is 6.24. The van der Waals surface area contributed by atoms with Crippen LogP contribution in [0.2, 0.25) is 5.02 Å². The standard InChI is InChI=1S/C19H22ClFN2O3S/c1-4-18(19(24)22-13(2)14-8-10-16(21)11-9-14)23(27(3,25)26)17-7-5-6-15(20)12-17/h5-13,18H,4H2,1-3H3,(H,22,24)/t13-,18+/m0/s1. The number of amides is 1. The number of halogens is 2. The van der Waals surface area contributed by atoms with Crippen molar-refractivity contribution in [2.75, 3.05) is 10.6 Å². The summed E-state index contributed by atoms with van der Waals surface area (Å²) in [5.74, 6) is -0.812. The minimum Gasteiger partial charge on any atom is -0.348 e. The summed E-state index contributed by atoms with van der Waals surface area (Å²) < 4.78 is 39.0. The number of sulfonamides is 1. The topological polar surface area (TPSA) is 66.5 Å². The van der Waals surface area contributed by atoms with Gasteiger partial charge in [0.05, 0.1) is 18.0 Å². The van der Waals surface area contributed by atoms with Crippen molar-refractivity contribution in [1.29, 1.82) is 0 Å². The minimum absolute atomic E-state index is 0.265. The fraction of sp³-hybridized carbons (Fsp3) is 0.316. The lowest BCUT2D eigenvalue weighted by Gasteiger charge is -2.31. The molecular weight excluding hydrogens is 391 g/mol. The first-order chi connectivity index (χ1) is 12.6. The third-order valence-electron chi connectivity index (χ3n) is 4.12. The van der Waals surface area contributed by atoms with E-state index in [9.17, 15) is 17.6 Å². The van der Waals surface area contributed by atoms with Crippen LogP contribution >= 0.6 is 11.6 Å². The molecule has 146 valence electrons. The first kappa shape index (κ1) is 21.2. The molecule has 5 nitrogen and oxygen atoms in total. The smallest absolute Gasteiger partial charge is 0.244 e. The van der Waals surface area contributed by atoms with Crippen molar-refractivity contribution in [3.63, 3.8) is 0 Å². The molecule has 0 aliphatic rings. The van der Waals surface area contributed by atoms with E-state index in [1.165, 1.54) is 18.2 Å². The average molecular weight is 413 g/mol. The van der Waals surface area contributed by atoms with E-state index in [1.54, 1.807) is 44.2 Å². The largest absolute Gasteiger partial charge is 0.348 e. The summed E-state index contributed by atoms with van der Waals surface area (Å²) in [5.41, 5.74) is 1.04. The highest BCUT2D eigenvalue weighted by Gasteiger charge is 2.32. The maximum absolute atomic E-state index is 13.1. The molecule has 0 saturated heterocycles. The van der Waals surface area contributed by atoms with Gasteiger partial charge in [-0.15, -0.1) is 0 Å². The molecule has 0 aliphatic carbocycles. The highest BCUT2D eigenvalue weighted by atomic mass is 35.5. The summed E-state index contributed by atoms with van der Waals surface area (Å²) in [7, 11) is -3.73. The summed E-state index contributed by atoms with van der Waals surface area (Å²) in [6.07, 6.45) is 1.31. The van der Waals surface area contributed by atoms with Gasteiger partial charge in [0, 0.05) is 5.02 Å². The van der Waals surface area contributed by atoms with Gasteiger partial charge in [-0.05, 0) is 49.2 Å². The van der Waals surface area contributed by atoms with Crippen molar-refractivity contribution in [2.24, 2.45) is 0 Å². The van der Waals surface area contributed by atoms with E-state index in [2.05, 4.69) is 5.32 Å². The number of nitrogens with one attached hydrogen (secondary N) is 1. The Bertz CT molecular complexity index is 903. The number of rotatable bonds is 7. The molecule has 2 atom stereocenters. The molecule has 0 unspecified atom stereocenters. The first-order valence-electron chi connectivity index (χ1n) is 8.44. The molecule has 0 spiro atoms. The first-order valence-corrected chi connectivity index (χ1v) is 10.7. The Balaban J connectivity index is 2.30. The van der Waals surface area contributed by atoms with Crippen molar-refractivity contribution in [2.45, 2.75) is 32.4 Å². The number of carbonyl (C=O) groups is 1. The predicted molar refractivity (Wildman–Crippen MR) is 106 cm³/mol. The Morgan fingerprint density at radius 2 is 1.85 bits per heavy atom. The van der Waals surface area contributed by atoms with E-state index in [0.717, 1.165) is 10.6 Å². The van der Waals surface area contributed by atoms with Crippen molar-refractivity contribution in [3.8, 4) is 0 Å². The molecule has 2 aromatic carbocycles. The molecule has 27 heavy (non-hydrogen) atoms. The predicted octanol–water partition coefficient (Wildman–Crippen LogP) is 3.90. The Hall–Kier alpha value is -2.12. The van der Waals surface area contributed by atoms with Gasteiger partial charge in [-0.1, -0.05) is 36.7 Å². The second kappa shape index (κ2) is 8.71. The molecule has 8 heteroatoms. The molecule has 2 aromatic rings. The van der Waals surface area contributed by atoms with Crippen LogP contribution in [0.3, 0.4) is 0 Å². The van der Waals surface area contributed by atoms with Crippen LogP contribution < -0.4 is 9.62 Å². The lowest BCUT2D eigenvalue weighted by atomic mass is 10.1. The van der Waals surface area contributed by atoms with Crippen LogP contribution in [-0.2, 0) is 14.8 Å². The SMILES string of the molecule is CC[C@H](C(=O)N[C@@H](C)c1ccc(F)cc1)N(c1cccc(Cl)c1)S(C)(=O)=O. The van der Waals surface area contributed by atoms with Crippen LogP contribution in [0, 0.1) is 5.82 Å². The fourth-order valence-corrected chi connectivity index (χ4v) is 4.21. The number of hydrogen-bond donors (Lipinski definition) is 1. The molecular formula is C19H22ClFN2O3S. The normalized spacial score (nSPS) is 13.7. The molecule has 0 heterocycles. The van der Waals surface area contributed by atoms with Gasteiger partial charge < -0.3 is 5.32 Å². The van der Waals surface area contributed by atoms with Crippen LogP contribution in [0.15, 0.2) is 48.5 Å². The maximum Gasteiger partial charge on any atom is 0.244 e. The third kappa shape index (κ3) is 5.43. The van der Waals surface area contributed by atoms with Gasteiger partial charge in [-0.25, -0.2) is 12.8 Å². The molecule has 0 saturated carbocycles. The lowest BCUT2D eigenvalue weighted by Crippen LogP contribution is -2.49. The average Bonchev–Trinajstić information content (AvgIpc) is 2.58. The molecule has 2 rings (SSSR count). The van der Waals surface area contributed by atoms with E-state index in [1.807, 2.05) is 0 Å². The van der Waals surface area contributed by atoms with Crippen molar-refractivity contribution >= 4 is 33.2 Å². The van der Waals surface area contributed by atoms with E-state index in [0.29, 0.717) is 16.3 Å². The van der Waals surface area contributed by atoms with Crippen molar-refractivity contribution in [3.05, 3.63) is 64.9 Å². The van der Waals surface area contributed by atoms with Crippen LogP contribution in [0.25, 0.3) is 0 Å². The molecule has 1 amide bonds. The zero-order chi connectivity index (χ0) is 20.2. The maximum atomic E-state index is 13.1. The highest BCUT2D eigenvalue weighted by Crippen LogP contribution is 2.26. The van der Waals surface area contributed by atoms with E-state index in [-0.39, 0.29) is 12.2 Å². The monoisotopic (exact) mass is 412 g/mol. The van der Waals surface area contributed by atoms with Crippen molar-refractivity contribution in [1.82, 2.24) is 5.32 Å². The molecule has 1 N–H and O–H groups in total. The number of hydrogen-bond acceptors (Lipinski definition) is 3. The van der Waals surface area contributed by atoms with Gasteiger partial charge in [0.1, 0.15) is 11.9 Å². The molecule has 0 aromatic heterocycles. The van der Waals surface area contributed by atoms with Gasteiger partial charge in [-0.2, -0.15) is 0 Å². The molecule has 0 bridgehead atoms. The van der Waals surface area contributed by atoms with Crippen LogP contribution in [0.4, 0.5) is 10.1 Å². The van der Waals surface area contributed by atoms with E-state index >= 15 is 0 Å². The Labute approximate surface area is 164 Å². The van der Waals surface area contributed by atoms with Crippen LogP contribution in [-0.4, -0.2) is 26.6 Å². The van der Waals surface area contributed by atoms with E-state index in [4.69, 9.17) is 11.6 Å². The lowest BCUT2D eigenvalue weighted by molar-refractivity contribution is -0.122. The Kier molecular flexibility index (Phi) is 6.84. The fourth-order valence-electron chi connectivity index (χ4n) is 2.82. The summed E-state index contributed by atoms with van der Waals surface area (Å²) >= 11 is 5.99. The number of carbonyl (C=O) groups excluding carboxylic acids is 1. The van der Waals surface area contributed by atoms with Crippen molar-refractivity contribution < 1.29 is 17.6 Å². The van der Waals surface area contributed by atoms with Gasteiger partial charge in [0.25, 0.3) is 0 Å². The van der Waals surface area contributed by atoms with Gasteiger partial charge >= 0.3 is 0 Å². The Morgan fingerprint density at radius 1 is 1.22 bits per heavy atom. The number of benzene rings is 2. The number of nitrogens with zero attached hydrogens (tertiary/aromatic N) is 1. The van der Waals surface area contributed by atoms with Gasteiger partial charge in [-0.3, -0.25) is 9.10 Å². The third-order valence-corrected chi connectivity index (χ3v) is 5.54. The number of anilines is 1.